The van der Waals surface area contributed by atoms with Gasteiger partial charge in [0.25, 0.3) is 0 Å². The lowest BCUT2D eigenvalue weighted by atomic mass is 9.88. The van der Waals surface area contributed by atoms with Gasteiger partial charge in [0.2, 0.25) is 0 Å². The summed E-state index contributed by atoms with van der Waals surface area (Å²) in [6.45, 7) is 0. The van der Waals surface area contributed by atoms with Gasteiger partial charge in [0.05, 0.1) is 32.7 Å². The molecule has 0 N–H and O–H groups in total. The molecule has 5 aromatic carbocycles. The number of thioether (sulfide) groups is 2. The molecule has 0 bridgehead atoms. The fraction of sp³-hybridized carbons (Fsp3) is 0.111. The summed E-state index contributed by atoms with van der Waals surface area (Å²) in [4.78, 5) is 10.1. The maximum absolute atomic E-state index is 5.11. The van der Waals surface area contributed by atoms with Crippen LogP contribution >= 0.6 is 23.5 Å². The molecule has 0 radical (unpaired) electrons. The minimum absolute atomic E-state index is 0.240. The lowest BCUT2D eigenvalue weighted by molar-refractivity contribution is 0.862. The number of allylic oxidation sites excluding steroid dienone is 4. The van der Waals surface area contributed by atoms with Gasteiger partial charge in [0, 0.05) is 11.1 Å². The standard InChI is InChI=1S/C36H24N2S2/c1-3-7-31-29(5-1)37-35(39-31)24-11-9-21(10-12-24)25-17-13-22-15-19-27-28(36-38-30-6-2-4-8-32(30)40-36)20-16-23-14-18-26(25)33(22)34(23)27/h1-20,29-32H/t29?,30?,31-,32?/m0/s1. The zero-order valence-electron chi connectivity index (χ0n) is 21.6. The summed E-state index contributed by atoms with van der Waals surface area (Å²) in [5.41, 5.74) is 4.96. The molecular formula is C36H24N2S2. The first-order chi connectivity index (χ1) is 19.8. The van der Waals surface area contributed by atoms with Crippen molar-refractivity contribution in [2.45, 2.75) is 22.6 Å². The fourth-order valence-corrected chi connectivity index (χ4v) is 8.88. The first kappa shape index (κ1) is 22.9. The van der Waals surface area contributed by atoms with Crippen LogP contribution in [0.25, 0.3) is 43.4 Å². The number of nitrogens with zero attached hydrogens (tertiary/aromatic N) is 2. The summed E-state index contributed by atoms with van der Waals surface area (Å²) in [5.74, 6) is 0. The highest BCUT2D eigenvalue weighted by molar-refractivity contribution is 8.15. The Hall–Kier alpha value is -3.86. The van der Waals surface area contributed by atoms with E-state index < -0.39 is 0 Å². The first-order valence-electron chi connectivity index (χ1n) is 13.8. The summed E-state index contributed by atoms with van der Waals surface area (Å²) < 4.78 is 0. The van der Waals surface area contributed by atoms with Crippen LogP contribution in [0.1, 0.15) is 11.1 Å². The van der Waals surface area contributed by atoms with Crippen LogP contribution < -0.4 is 0 Å². The molecule has 5 aromatic rings. The minimum atomic E-state index is 0.240. The van der Waals surface area contributed by atoms with E-state index in [9.17, 15) is 0 Å². The highest BCUT2D eigenvalue weighted by Crippen LogP contribution is 2.43. The van der Waals surface area contributed by atoms with Gasteiger partial charge in [-0.15, -0.1) is 0 Å². The molecule has 2 heterocycles. The summed E-state index contributed by atoms with van der Waals surface area (Å²) in [6, 6.07) is 27.8. The normalized spacial score (nSPS) is 24.7. The molecule has 190 valence electrons. The Balaban J connectivity index is 1.15. The maximum Gasteiger partial charge on any atom is 0.0997 e. The van der Waals surface area contributed by atoms with Gasteiger partial charge in [-0.1, -0.05) is 145 Å². The number of rotatable bonds is 3. The Bertz CT molecular complexity index is 2030. The molecule has 2 nitrogen and oxygen atoms in total. The second-order valence-electron chi connectivity index (χ2n) is 10.8. The molecule has 2 aliphatic heterocycles. The average molecular weight is 549 g/mol. The Morgan fingerprint density at radius 1 is 0.450 bits per heavy atom. The topological polar surface area (TPSA) is 24.7 Å². The molecular weight excluding hydrogens is 525 g/mol. The first-order valence-corrected chi connectivity index (χ1v) is 15.6. The van der Waals surface area contributed by atoms with Crippen molar-refractivity contribution in [2.24, 2.45) is 9.98 Å². The summed E-state index contributed by atoms with van der Waals surface area (Å²) in [7, 11) is 0. The van der Waals surface area contributed by atoms with Crippen molar-refractivity contribution in [3.05, 3.63) is 133 Å². The van der Waals surface area contributed by atoms with Crippen molar-refractivity contribution in [1.82, 2.24) is 0 Å². The van der Waals surface area contributed by atoms with Gasteiger partial charge in [-0.2, -0.15) is 0 Å². The third kappa shape index (κ3) is 3.46. The van der Waals surface area contributed by atoms with Gasteiger partial charge in [-0.05, 0) is 43.4 Å². The highest BCUT2D eigenvalue weighted by Gasteiger charge is 2.30. The molecule has 0 fully saturated rings. The molecule has 0 spiro atoms. The minimum Gasteiger partial charge on any atom is -0.269 e. The van der Waals surface area contributed by atoms with Crippen molar-refractivity contribution < 1.29 is 0 Å². The monoisotopic (exact) mass is 548 g/mol. The zero-order valence-corrected chi connectivity index (χ0v) is 23.2. The molecule has 0 saturated heterocycles. The average Bonchev–Trinajstić information content (AvgIpc) is 3.64. The van der Waals surface area contributed by atoms with Crippen LogP contribution in [0.5, 0.6) is 0 Å². The van der Waals surface area contributed by atoms with Crippen molar-refractivity contribution in [3.8, 4) is 11.1 Å². The number of aliphatic imine (C=N–C) groups is 2. The van der Waals surface area contributed by atoms with E-state index in [0.717, 1.165) is 10.1 Å². The highest BCUT2D eigenvalue weighted by atomic mass is 32.2. The number of benzene rings is 5. The second-order valence-corrected chi connectivity index (χ2v) is 13.1. The van der Waals surface area contributed by atoms with E-state index in [4.69, 9.17) is 9.98 Å². The van der Waals surface area contributed by atoms with Crippen LogP contribution in [0.4, 0.5) is 0 Å². The number of fused-ring (bicyclic) bond motifs is 2. The molecule has 4 heteroatoms. The fourth-order valence-electron chi connectivity index (χ4n) is 6.50. The van der Waals surface area contributed by atoms with E-state index in [-0.39, 0.29) is 12.1 Å². The maximum atomic E-state index is 5.11. The van der Waals surface area contributed by atoms with Gasteiger partial charge in [0.15, 0.2) is 0 Å². The van der Waals surface area contributed by atoms with E-state index in [1.54, 1.807) is 0 Å². The van der Waals surface area contributed by atoms with Gasteiger partial charge in [-0.25, -0.2) is 0 Å². The summed E-state index contributed by atoms with van der Waals surface area (Å²) in [5, 5.41) is 11.0. The van der Waals surface area contributed by atoms with E-state index >= 15 is 0 Å². The Kier molecular flexibility index (Phi) is 5.05. The largest absolute Gasteiger partial charge is 0.269 e. The summed E-state index contributed by atoms with van der Waals surface area (Å²) >= 11 is 3.76. The van der Waals surface area contributed by atoms with Crippen LogP contribution in [0, 0.1) is 0 Å². The third-order valence-corrected chi connectivity index (χ3v) is 11.0. The molecule has 3 unspecified atom stereocenters. The zero-order chi connectivity index (χ0) is 26.2. The third-order valence-electron chi connectivity index (χ3n) is 8.48. The van der Waals surface area contributed by atoms with E-state index in [0.29, 0.717) is 10.5 Å². The Morgan fingerprint density at radius 3 is 1.60 bits per heavy atom. The van der Waals surface area contributed by atoms with E-state index in [2.05, 4.69) is 121 Å². The SMILES string of the molecule is C1=CC2N=C(c3ccc4ccc5c(-c6ccc(C7=NC8C=CC=C[C@@H]8S7)cc6)ccc6ccc3c4c65)SC2C=C1. The predicted molar refractivity (Wildman–Crippen MR) is 176 cm³/mol. The van der Waals surface area contributed by atoms with Crippen LogP contribution in [0.15, 0.2) is 131 Å². The van der Waals surface area contributed by atoms with Crippen LogP contribution in [-0.2, 0) is 0 Å². The molecule has 4 aliphatic rings. The molecule has 40 heavy (non-hydrogen) atoms. The predicted octanol–water partition coefficient (Wildman–Crippen LogP) is 8.96. The molecule has 4 atom stereocenters. The number of hydrogen-bond donors (Lipinski definition) is 0. The van der Waals surface area contributed by atoms with Crippen molar-refractivity contribution in [1.29, 1.82) is 0 Å². The Morgan fingerprint density at radius 2 is 0.950 bits per heavy atom. The quantitative estimate of drug-likeness (QED) is 0.210. The molecule has 0 aromatic heterocycles. The molecule has 9 rings (SSSR count). The van der Waals surface area contributed by atoms with Crippen LogP contribution in [-0.4, -0.2) is 32.7 Å². The van der Waals surface area contributed by atoms with Crippen molar-refractivity contribution in [2.75, 3.05) is 0 Å². The van der Waals surface area contributed by atoms with Gasteiger partial charge < -0.3 is 0 Å². The van der Waals surface area contributed by atoms with Gasteiger partial charge in [-0.3, -0.25) is 9.98 Å². The molecule has 2 aliphatic carbocycles. The van der Waals surface area contributed by atoms with Gasteiger partial charge in [0.1, 0.15) is 0 Å². The molecule has 0 saturated carbocycles. The van der Waals surface area contributed by atoms with Crippen molar-refractivity contribution >= 4 is 65.9 Å². The smallest absolute Gasteiger partial charge is 0.0997 e. The van der Waals surface area contributed by atoms with Crippen LogP contribution in [0.2, 0.25) is 0 Å². The number of hydrogen-bond acceptors (Lipinski definition) is 4. The van der Waals surface area contributed by atoms with E-state index in [1.165, 1.54) is 54.6 Å². The van der Waals surface area contributed by atoms with Gasteiger partial charge >= 0.3 is 0 Å². The van der Waals surface area contributed by atoms with E-state index in [1.807, 2.05) is 23.5 Å². The summed E-state index contributed by atoms with van der Waals surface area (Å²) in [6.07, 6.45) is 17.5. The lowest BCUT2D eigenvalue weighted by Crippen LogP contribution is -2.13. The Labute approximate surface area is 241 Å². The lowest BCUT2D eigenvalue weighted by Gasteiger charge is -2.16. The second kappa shape index (κ2) is 8.82. The molecule has 0 amide bonds. The van der Waals surface area contributed by atoms with Crippen molar-refractivity contribution in [3.63, 3.8) is 0 Å². The van der Waals surface area contributed by atoms with Crippen LogP contribution in [0.3, 0.4) is 0 Å².